The Bertz CT molecular complexity index is 3360. The van der Waals surface area contributed by atoms with Gasteiger partial charge in [-0.2, -0.15) is 0 Å². The molecule has 1 atom stereocenters. The number of nitrogens with zero attached hydrogens (tertiary/aromatic N) is 2. The number of rotatable bonds is 6. The molecule has 0 amide bonds. The topological polar surface area (TPSA) is 8.17 Å². The van der Waals surface area contributed by atoms with E-state index in [2.05, 4.69) is 237 Å². The van der Waals surface area contributed by atoms with Crippen molar-refractivity contribution >= 4 is 44.4 Å². The maximum atomic E-state index is 4.51. The molecule has 1 spiro atoms. The Balaban J connectivity index is 1.15. The highest BCUT2D eigenvalue weighted by molar-refractivity contribution is 6.13. The Kier molecular flexibility index (Phi) is 7.59. The van der Waals surface area contributed by atoms with Crippen molar-refractivity contribution in [3.05, 3.63) is 246 Å². The van der Waals surface area contributed by atoms with Gasteiger partial charge in [-0.05, 0) is 140 Å². The molecule has 12 rings (SSSR count). The second-order valence-corrected chi connectivity index (χ2v) is 17.2. The fraction of sp³-hybridized carbons (Fsp3) is 0.0847. The van der Waals surface area contributed by atoms with Crippen LogP contribution in [0.1, 0.15) is 54.2 Å². The standard InChI is InChI=1S/C59H44N2/c1-5-19-42-44-25-14-17-28-52(44)59(50(42)6-2)53-29-18-15-26-45(53)47-37-57-49(36-55(47)59)48-34-40(31-33-56(48)61(57)39-22-11-8-12-23-39)60(38-20-9-7-10-21-38)41-30-32-46-43-24-13-16-27-51(43)58(3,4)54(46)35-41/h5-37H,2H2,1,3-4H3/b19-5-. The third kappa shape index (κ3) is 4.73. The van der Waals surface area contributed by atoms with E-state index >= 15 is 0 Å². The quantitative estimate of drug-likeness (QED) is 0.163. The number of anilines is 3. The monoisotopic (exact) mass is 780 g/mol. The molecule has 0 bridgehead atoms. The first-order valence-electron chi connectivity index (χ1n) is 21.4. The smallest absolute Gasteiger partial charge is 0.0725 e. The zero-order valence-electron chi connectivity index (χ0n) is 34.7. The van der Waals surface area contributed by atoms with Crippen molar-refractivity contribution in [2.24, 2.45) is 0 Å². The van der Waals surface area contributed by atoms with Crippen LogP contribution in [0.4, 0.5) is 17.1 Å². The summed E-state index contributed by atoms with van der Waals surface area (Å²) in [5.41, 5.74) is 21.9. The first-order chi connectivity index (χ1) is 29.9. The molecule has 3 aliphatic rings. The lowest BCUT2D eigenvalue weighted by Crippen LogP contribution is -2.26. The number of hydrogen-bond acceptors (Lipinski definition) is 1. The van der Waals surface area contributed by atoms with E-state index in [4.69, 9.17) is 0 Å². The van der Waals surface area contributed by atoms with Crippen molar-refractivity contribution in [3.63, 3.8) is 0 Å². The number of hydrogen-bond donors (Lipinski definition) is 0. The molecule has 1 aromatic heterocycles. The van der Waals surface area contributed by atoms with Crippen LogP contribution in [0.3, 0.4) is 0 Å². The summed E-state index contributed by atoms with van der Waals surface area (Å²) in [7, 11) is 0. The van der Waals surface area contributed by atoms with Gasteiger partial charge in [0.05, 0.1) is 16.4 Å². The molecule has 2 nitrogen and oxygen atoms in total. The predicted molar refractivity (Wildman–Crippen MR) is 257 cm³/mol. The summed E-state index contributed by atoms with van der Waals surface area (Å²) in [5.74, 6) is 0. The van der Waals surface area contributed by atoms with Crippen LogP contribution in [0.2, 0.25) is 0 Å². The molecule has 3 aliphatic carbocycles. The molecule has 1 heterocycles. The van der Waals surface area contributed by atoms with Crippen LogP contribution in [-0.2, 0) is 10.8 Å². The highest BCUT2D eigenvalue weighted by atomic mass is 15.1. The van der Waals surface area contributed by atoms with Gasteiger partial charge in [0, 0.05) is 38.9 Å². The largest absolute Gasteiger partial charge is 0.310 e. The fourth-order valence-electron chi connectivity index (χ4n) is 11.4. The van der Waals surface area contributed by atoms with E-state index in [1.807, 2.05) is 0 Å². The number of benzene rings is 8. The van der Waals surface area contributed by atoms with Crippen molar-refractivity contribution in [2.45, 2.75) is 31.6 Å². The molecule has 0 fully saturated rings. The first kappa shape index (κ1) is 35.5. The minimum atomic E-state index is -0.503. The molecule has 0 saturated heterocycles. The highest BCUT2D eigenvalue weighted by Gasteiger charge is 2.52. The minimum absolute atomic E-state index is 0.115. The summed E-state index contributed by atoms with van der Waals surface area (Å²) in [6.45, 7) is 11.3. The van der Waals surface area contributed by atoms with Gasteiger partial charge < -0.3 is 9.47 Å². The third-order valence-corrected chi connectivity index (χ3v) is 13.9. The van der Waals surface area contributed by atoms with Gasteiger partial charge in [0.1, 0.15) is 0 Å². The van der Waals surface area contributed by atoms with Gasteiger partial charge in [0.15, 0.2) is 0 Å². The average molecular weight is 781 g/mol. The minimum Gasteiger partial charge on any atom is -0.310 e. The molecule has 9 aromatic rings. The first-order valence-corrected chi connectivity index (χ1v) is 21.4. The van der Waals surface area contributed by atoms with E-state index in [1.165, 1.54) is 88.6 Å². The summed E-state index contributed by atoms with van der Waals surface area (Å²) >= 11 is 0. The maximum Gasteiger partial charge on any atom is 0.0725 e. The molecule has 0 saturated carbocycles. The second-order valence-electron chi connectivity index (χ2n) is 17.2. The van der Waals surface area contributed by atoms with Gasteiger partial charge >= 0.3 is 0 Å². The van der Waals surface area contributed by atoms with E-state index in [9.17, 15) is 0 Å². The normalized spacial score (nSPS) is 16.6. The molecule has 0 N–H and O–H groups in total. The number of aromatic nitrogens is 1. The summed E-state index contributed by atoms with van der Waals surface area (Å²) in [5, 5.41) is 2.44. The Morgan fingerprint density at radius 2 is 1.05 bits per heavy atom. The Labute approximate surface area is 357 Å². The van der Waals surface area contributed by atoms with Crippen LogP contribution >= 0.6 is 0 Å². The van der Waals surface area contributed by atoms with Crippen LogP contribution < -0.4 is 4.90 Å². The van der Waals surface area contributed by atoms with Gasteiger partial charge in [-0.25, -0.2) is 0 Å². The summed E-state index contributed by atoms with van der Waals surface area (Å²) < 4.78 is 2.46. The van der Waals surface area contributed by atoms with Crippen molar-refractivity contribution in [1.29, 1.82) is 0 Å². The Morgan fingerprint density at radius 1 is 0.475 bits per heavy atom. The van der Waals surface area contributed by atoms with Gasteiger partial charge in [-0.15, -0.1) is 0 Å². The molecule has 0 aliphatic heterocycles. The van der Waals surface area contributed by atoms with Crippen molar-refractivity contribution < 1.29 is 0 Å². The number of para-hydroxylation sites is 2. The number of allylic oxidation sites excluding steroid dienone is 5. The Hall–Kier alpha value is -7.42. The predicted octanol–water partition coefficient (Wildman–Crippen LogP) is 15.4. The van der Waals surface area contributed by atoms with E-state index in [-0.39, 0.29) is 5.41 Å². The van der Waals surface area contributed by atoms with Gasteiger partial charge in [-0.1, -0.05) is 154 Å². The number of fused-ring (bicyclic) bond motifs is 13. The zero-order valence-corrected chi connectivity index (χ0v) is 34.7. The summed E-state index contributed by atoms with van der Waals surface area (Å²) in [6, 6.07) is 67.7. The van der Waals surface area contributed by atoms with E-state index in [0.29, 0.717) is 0 Å². The van der Waals surface area contributed by atoms with Crippen LogP contribution in [0, 0.1) is 0 Å². The lowest BCUT2D eigenvalue weighted by atomic mass is 9.69. The molecule has 290 valence electrons. The van der Waals surface area contributed by atoms with Crippen LogP contribution in [-0.4, -0.2) is 4.57 Å². The van der Waals surface area contributed by atoms with Gasteiger partial charge in [0.25, 0.3) is 0 Å². The Morgan fingerprint density at radius 3 is 1.77 bits per heavy atom. The van der Waals surface area contributed by atoms with Gasteiger partial charge in [-0.3, -0.25) is 0 Å². The lowest BCUT2D eigenvalue weighted by molar-refractivity contribution is 0.660. The molecule has 0 radical (unpaired) electrons. The molecular weight excluding hydrogens is 737 g/mol. The fourth-order valence-corrected chi connectivity index (χ4v) is 11.4. The summed E-state index contributed by atoms with van der Waals surface area (Å²) in [6.07, 6.45) is 6.55. The average Bonchev–Trinajstić information content (AvgIpc) is 3.96. The molecular formula is C59H44N2. The maximum absolute atomic E-state index is 4.51. The molecule has 61 heavy (non-hydrogen) atoms. The van der Waals surface area contributed by atoms with Crippen molar-refractivity contribution in [3.8, 4) is 27.9 Å². The van der Waals surface area contributed by atoms with Crippen LogP contribution in [0.5, 0.6) is 0 Å². The van der Waals surface area contributed by atoms with Crippen molar-refractivity contribution in [1.82, 2.24) is 4.57 Å². The van der Waals surface area contributed by atoms with Crippen LogP contribution in [0.25, 0.3) is 55.3 Å². The van der Waals surface area contributed by atoms with E-state index in [0.717, 1.165) is 22.7 Å². The van der Waals surface area contributed by atoms with E-state index < -0.39 is 5.41 Å². The summed E-state index contributed by atoms with van der Waals surface area (Å²) in [4.78, 5) is 2.43. The highest BCUT2D eigenvalue weighted by Crippen LogP contribution is 2.63. The lowest BCUT2D eigenvalue weighted by Gasteiger charge is -2.31. The van der Waals surface area contributed by atoms with Crippen molar-refractivity contribution in [2.75, 3.05) is 4.90 Å². The third-order valence-electron chi connectivity index (χ3n) is 13.9. The zero-order chi connectivity index (χ0) is 41.0. The SMILES string of the molecule is C=CC1=C(/C=C\C)c2ccccc2C12c1ccccc1-c1cc3c(cc12)c1cc(N(c2ccccc2)c2ccc4c(c2)C(C)(C)c2ccccc2-4)ccc1n3-c1ccccc1. The molecule has 8 aromatic carbocycles. The second kappa shape index (κ2) is 13.0. The molecule has 2 heteroatoms. The molecule has 1 unspecified atom stereocenters. The van der Waals surface area contributed by atoms with E-state index in [1.54, 1.807) is 0 Å². The van der Waals surface area contributed by atoms with Crippen LogP contribution in [0.15, 0.2) is 212 Å². The van der Waals surface area contributed by atoms with Gasteiger partial charge in [0.2, 0.25) is 0 Å².